The van der Waals surface area contributed by atoms with Crippen molar-refractivity contribution in [2.24, 2.45) is 0 Å². The number of dihydropyridines is 1. The molecule has 37 heavy (non-hydrogen) atoms. The Bertz CT molecular complexity index is 1420. The predicted molar refractivity (Wildman–Crippen MR) is 146 cm³/mol. The number of amides is 1. The molecule has 190 valence electrons. The number of thiophene rings is 1. The average molecular weight is 515 g/mol. The lowest BCUT2D eigenvalue weighted by Gasteiger charge is -2.36. The molecular weight excluding hydrogens is 484 g/mol. The summed E-state index contributed by atoms with van der Waals surface area (Å²) in [4.78, 5) is 28.4. The van der Waals surface area contributed by atoms with Crippen LogP contribution in [0.5, 0.6) is 11.5 Å². The van der Waals surface area contributed by atoms with Crippen LogP contribution < -0.4 is 20.1 Å². The summed E-state index contributed by atoms with van der Waals surface area (Å²) in [6.45, 7) is 3.88. The van der Waals surface area contributed by atoms with Gasteiger partial charge in [0.25, 0.3) is 5.91 Å². The molecule has 2 N–H and O–H groups in total. The number of anilines is 1. The van der Waals surface area contributed by atoms with Crippen molar-refractivity contribution in [3.63, 3.8) is 0 Å². The van der Waals surface area contributed by atoms with E-state index in [9.17, 15) is 9.59 Å². The summed E-state index contributed by atoms with van der Waals surface area (Å²) >= 11 is 1.57. The fraction of sp³-hybridized carbons (Fsp3) is 0.267. The van der Waals surface area contributed by atoms with Crippen molar-refractivity contribution in [1.82, 2.24) is 5.32 Å². The lowest BCUT2D eigenvalue weighted by Crippen LogP contribution is -2.36. The zero-order valence-corrected chi connectivity index (χ0v) is 22.2. The Hall–Kier alpha value is -3.84. The molecule has 1 aromatic heterocycles. The van der Waals surface area contributed by atoms with Crippen molar-refractivity contribution in [2.45, 2.75) is 38.5 Å². The number of methoxy groups -OCH3 is 2. The highest BCUT2D eigenvalue weighted by Gasteiger charge is 2.41. The topological polar surface area (TPSA) is 76.7 Å². The number of carbonyl (C=O) groups excluding carboxylic acids is 2. The number of Topliss-reactive ketones (excluding diaryl/α,β-unsaturated/α-hetero) is 1. The number of ether oxygens (including phenoxy) is 2. The standard InChI is InChI=1S/C30H30N2O4S/c1-17-8-5-6-9-21(17)32-30(34)27-18(2)31-22-14-20(19-11-12-24(35-3)25(16-19)36-4)15-23(33)28(22)29(27)26-10-7-13-37-26/h5-13,16,20,29,31H,14-15H2,1-4H3,(H,32,34)/t20-,29+/m1/s1. The molecule has 0 bridgehead atoms. The third kappa shape index (κ3) is 4.67. The highest BCUT2D eigenvalue weighted by atomic mass is 32.1. The number of nitrogens with one attached hydrogen (secondary N) is 2. The van der Waals surface area contributed by atoms with Gasteiger partial charge in [0.05, 0.1) is 20.1 Å². The maximum absolute atomic E-state index is 13.8. The van der Waals surface area contributed by atoms with Gasteiger partial charge in [0, 0.05) is 39.5 Å². The van der Waals surface area contributed by atoms with Crippen molar-refractivity contribution < 1.29 is 19.1 Å². The van der Waals surface area contributed by atoms with Crippen LogP contribution in [0.15, 0.2) is 82.5 Å². The minimum Gasteiger partial charge on any atom is -0.493 e. The number of hydrogen-bond acceptors (Lipinski definition) is 6. The molecule has 0 saturated heterocycles. The number of benzene rings is 2. The van der Waals surface area contributed by atoms with E-state index >= 15 is 0 Å². The minimum absolute atomic E-state index is 0.00214. The van der Waals surface area contributed by atoms with Gasteiger partial charge in [-0.05, 0) is 67.0 Å². The summed E-state index contributed by atoms with van der Waals surface area (Å²) in [6.07, 6.45) is 1.03. The molecule has 7 heteroatoms. The second-order valence-electron chi connectivity index (χ2n) is 9.42. The summed E-state index contributed by atoms with van der Waals surface area (Å²) in [6, 6.07) is 17.5. The number of para-hydroxylation sites is 1. The SMILES string of the molecule is COc1ccc([C@H]2CC(=O)C3=C(C2)NC(C)=C(C(=O)Nc2ccccc2C)[C@@H]3c2cccs2)cc1OC. The normalized spacial score (nSPS) is 19.3. The van der Waals surface area contributed by atoms with Gasteiger partial charge in [-0.2, -0.15) is 0 Å². The van der Waals surface area contributed by atoms with Crippen LogP contribution in [0.1, 0.15) is 47.6 Å². The van der Waals surface area contributed by atoms with Crippen molar-refractivity contribution in [3.05, 3.63) is 98.5 Å². The van der Waals surface area contributed by atoms with Crippen LogP contribution in [0.3, 0.4) is 0 Å². The molecule has 3 aromatic rings. The van der Waals surface area contributed by atoms with E-state index in [1.165, 1.54) is 0 Å². The van der Waals surface area contributed by atoms with E-state index < -0.39 is 5.92 Å². The zero-order chi connectivity index (χ0) is 26.1. The molecule has 6 nitrogen and oxygen atoms in total. The van der Waals surface area contributed by atoms with E-state index in [0.717, 1.165) is 33.1 Å². The highest BCUT2D eigenvalue weighted by Crippen LogP contribution is 2.47. The van der Waals surface area contributed by atoms with Crippen molar-refractivity contribution >= 4 is 28.7 Å². The molecule has 5 rings (SSSR count). The van der Waals surface area contributed by atoms with Crippen LogP contribution in [0.2, 0.25) is 0 Å². The van der Waals surface area contributed by atoms with Crippen LogP contribution in [0.25, 0.3) is 0 Å². The molecule has 2 heterocycles. The molecule has 1 amide bonds. The first-order valence-electron chi connectivity index (χ1n) is 12.3. The lowest BCUT2D eigenvalue weighted by molar-refractivity contribution is -0.116. The Morgan fingerprint density at radius 3 is 2.49 bits per heavy atom. The van der Waals surface area contributed by atoms with Crippen LogP contribution >= 0.6 is 11.3 Å². The van der Waals surface area contributed by atoms with Gasteiger partial charge in [-0.25, -0.2) is 0 Å². The van der Waals surface area contributed by atoms with Crippen LogP contribution in [-0.4, -0.2) is 25.9 Å². The minimum atomic E-state index is -0.404. The number of carbonyl (C=O) groups is 2. The quantitative estimate of drug-likeness (QED) is 0.417. The molecule has 1 aliphatic carbocycles. The maximum Gasteiger partial charge on any atom is 0.254 e. The first-order valence-corrected chi connectivity index (χ1v) is 13.2. The van der Waals surface area contributed by atoms with E-state index in [1.807, 2.05) is 73.8 Å². The number of ketones is 1. The molecule has 0 saturated carbocycles. The smallest absolute Gasteiger partial charge is 0.254 e. The Balaban J connectivity index is 1.51. The fourth-order valence-corrected chi connectivity index (χ4v) is 6.17. The highest BCUT2D eigenvalue weighted by molar-refractivity contribution is 7.10. The van der Waals surface area contributed by atoms with Gasteiger partial charge in [-0.1, -0.05) is 30.3 Å². The van der Waals surface area contributed by atoms with Crippen LogP contribution in [-0.2, 0) is 9.59 Å². The Morgan fingerprint density at radius 2 is 1.78 bits per heavy atom. The van der Waals surface area contributed by atoms with E-state index in [0.29, 0.717) is 35.5 Å². The van der Waals surface area contributed by atoms with Gasteiger partial charge in [-0.3, -0.25) is 9.59 Å². The van der Waals surface area contributed by atoms with Crippen molar-refractivity contribution in [2.75, 3.05) is 19.5 Å². The lowest BCUT2D eigenvalue weighted by atomic mass is 9.73. The number of rotatable bonds is 6. The van der Waals surface area contributed by atoms with Gasteiger partial charge in [0.2, 0.25) is 0 Å². The van der Waals surface area contributed by atoms with Crippen LogP contribution in [0.4, 0.5) is 5.69 Å². The molecule has 2 aliphatic rings. The third-order valence-electron chi connectivity index (χ3n) is 7.17. The Kier molecular flexibility index (Phi) is 6.89. The van der Waals surface area contributed by atoms with E-state index in [4.69, 9.17) is 9.47 Å². The fourth-order valence-electron chi connectivity index (χ4n) is 5.33. The molecular formula is C30H30N2O4S. The van der Waals surface area contributed by atoms with Gasteiger partial charge >= 0.3 is 0 Å². The maximum atomic E-state index is 13.8. The molecule has 1 aliphatic heterocycles. The van der Waals surface area contributed by atoms with Gasteiger partial charge < -0.3 is 20.1 Å². The number of aryl methyl sites for hydroxylation is 1. The summed E-state index contributed by atoms with van der Waals surface area (Å²) in [5.41, 5.74) is 5.71. The third-order valence-corrected chi connectivity index (χ3v) is 8.11. The van der Waals surface area contributed by atoms with Gasteiger partial charge in [0.1, 0.15) is 0 Å². The molecule has 0 radical (unpaired) electrons. The van der Waals surface area contributed by atoms with Crippen molar-refractivity contribution in [1.29, 1.82) is 0 Å². The summed E-state index contributed by atoms with van der Waals surface area (Å²) < 4.78 is 10.9. The predicted octanol–water partition coefficient (Wildman–Crippen LogP) is 6.07. The Labute approximate surface area is 221 Å². The van der Waals surface area contributed by atoms with E-state index in [1.54, 1.807) is 25.6 Å². The molecule has 2 atom stereocenters. The van der Waals surface area contributed by atoms with Gasteiger partial charge in [-0.15, -0.1) is 11.3 Å². The monoisotopic (exact) mass is 514 g/mol. The molecule has 0 spiro atoms. The molecule has 0 unspecified atom stereocenters. The van der Waals surface area contributed by atoms with Crippen LogP contribution in [0, 0.1) is 6.92 Å². The second kappa shape index (κ2) is 10.3. The zero-order valence-electron chi connectivity index (χ0n) is 21.4. The Morgan fingerprint density at radius 1 is 1.00 bits per heavy atom. The first-order chi connectivity index (χ1) is 17.9. The molecule has 0 fully saturated rings. The number of hydrogen-bond donors (Lipinski definition) is 2. The summed E-state index contributed by atoms with van der Waals surface area (Å²) in [5, 5.41) is 8.52. The summed E-state index contributed by atoms with van der Waals surface area (Å²) in [7, 11) is 3.22. The number of allylic oxidation sites excluding steroid dienone is 3. The van der Waals surface area contributed by atoms with Crippen molar-refractivity contribution in [3.8, 4) is 11.5 Å². The van der Waals surface area contributed by atoms with E-state index in [2.05, 4.69) is 10.6 Å². The largest absolute Gasteiger partial charge is 0.493 e. The van der Waals surface area contributed by atoms with E-state index in [-0.39, 0.29) is 17.6 Å². The second-order valence-corrected chi connectivity index (χ2v) is 10.4. The first kappa shape index (κ1) is 24.8. The molecule has 2 aromatic carbocycles. The summed E-state index contributed by atoms with van der Waals surface area (Å²) in [5.74, 6) is 0.757. The van der Waals surface area contributed by atoms with Gasteiger partial charge in [0.15, 0.2) is 17.3 Å². The average Bonchev–Trinajstić information content (AvgIpc) is 3.43.